The normalized spacial score (nSPS) is 32.0. The molecule has 1 fully saturated rings. The van der Waals surface area contributed by atoms with Crippen molar-refractivity contribution in [3.63, 3.8) is 0 Å². The van der Waals surface area contributed by atoms with Crippen molar-refractivity contribution in [3.05, 3.63) is 34.4 Å². The van der Waals surface area contributed by atoms with Gasteiger partial charge in [-0.2, -0.15) is 10.1 Å². The molecular weight excluding hydrogens is 342 g/mol. The minimum atomic E-state index is -0.224. The van der Waals surface area contributed by atoms with E-state index in [2.05, 4.69) is 39.5 Å². The number of ketones is 1. The first kappa shape index (κ1) is 16.8. The second-order valence-electron chi connectivity index (χ2n) is 9.18. The maximum Gasteiger partial charge on any atom is 0.229 e. The molecule has 0 unspecified atom stereocenters. The summed E-state index contributed by atoms with van der Waals surface area (Å²) in [7, 11) is 0. The van der Waals surface area contributed by atoms with Crippen LogP contribution in [0.2, 0.25) is 0 Å². The van der Waals surface area contributed by atoms with E-state index in [0.29, 0.717) is 24.6 Å². The van der Waals surface area contributed by atoms with E-state index in [-0.39, 0.29) is 16.7 Å². The highest BCUT2D eigenvalue weighted by atomic mass is 16.5. The fourth-order valence-corrected chi connectivity index (χ4v) is 5.46. The van der Waals surface area contributed by atoms with Crippen LogP contribution in [0.15, 0.2) is 37.4 Å². The summed E-state index contributed by atoms with van der Waals surface area (Å²) < 4.78 is 5.42. The van der Waals surface area contributed by atoms with Gasteiger partial charge in [0.25, 0.3) is 0 Å². The first-order valence-corrected chi connectivity index (χ1v) is 9.83. The number of hydrogen-bond donors (Lipinski definition) is 1. The summed E-state index contributed by atoms with van der Waals surface area (Å²) in [5.41, 5.74) is 3.04. The van der Waals surface area contributed by atoms with Gasteiger partial charge < -0.3 is 9.84 Å². The topological polar surface area (TPSA) is 92.7 Å². The molecule has 0 atom stereocenters. The van der Waals surface area contributed by atoms with Crippen LogP contribution in [0.4, 0.5) is 0 Å². The van der Waals surface area contributed by atoms with E-state index in [4.69, 9.17) is 4.52 Å². The molecule has 0 radical (unpaired) electrons. The van der Waals surface area contributed by atoms with E-state index in [1.165, 1.54) is 5.57 Å². The number of allylic oxidation sites excluding steroid dienone is 2. The van der Waals surface area contributed by atoms with Gasteiger partial charge in [0.05, 0.1) is 6.54 Å². The SMILES string of the molecule is Cc1noc(C2CCC3(CC2)C2=C(N=NC2)NC2=C3C(=O)CC(C)(C)C2)n1. The third-order valence-corrected chi connectivity index (χ3v) is 6.62. The zero-order chi connectivity index (χ0) is 18.8. The number of azo groups is 1. The molecule has 27 heavy (non-hydrogen) atoms. The van der Waals surface area contributed by atoms with Gasteiger partial charge in [-0.25, -0.2) is 0 Å². The van der Waals surface area contributed by atoms with E-state index >= 15 is 0 Å². The molecule has 0 bridgehead atoms. The number of nitrogens with one attached hydrogen (secondary N) is 1. The molecule has 4 aliphatic rings. The molecule has 5 rings (SSSR count). The number of rotatable bonds is 1. The van der Waals surface area contributed by atoms with Crippen molar-refractivity contribution in [1.82, 2.24) is 15.5 Å². The van der Waals surface area contributed by atoms with Crippen molar-refractivity contribution in [2.24, 2.45) is 21.1 Å². The van der Waals surface area contributed by atoms with Crippen molar-refractivity contribution in [2.75, 3.05) is 6.54 Å². The average Bonchev–Trinajstić information content (AvgIpc) is 3.23. The van der Waals surface area contributed by atoms with Crippen molar-refractivity contribution >= 4 is 5.78 Å². The Morgan fingerprint density at radius 2 is 1.96 bits per heavy atom. The summed E-state index contributed by atoms with van der Waals surface area (Å²) in [5, 5.41) is 16.0. The summed E-state index contributed by atoms with van der Waals surface area (Å²) in [6.45, 7) is 6.78. The minimum Gasteiger partial charge on any atom is -0.342 e. The highest BCUT2D eigenvalue weighted by Crippen LogP contribution is 2.58. The molecule has 3 heterocycles. The van der Waals surface area contributed by atoms with Crippen LogP contribution in [0.25, 0.3) is 0 Å². The maximum absolute atomic E-state index is 13.2. The number of dihydropyridines is 1. The Kier molecular flexibility index (Phi) is 3.49. The van der Waals surface area contributed by atoms with Crippen LogP contribution in [0, 0.1) is 17.8 Å². The molecule has 1 aromatic rings. The van der Waals surface area contributed by atoms with Gasteiger partial charge in [-0.3, -0.25) is 4.79 Å². The molecule has 1 aromatic heterocycles. The largest absolute Gasteiger partial charge is 0.342 e. The van der Waals surface area contributed by atoms with E-state index in [1.807, 2.05) is 6.92 Å². The third-order valence-electron chi connectivity index (χ3n) is 6.62. The van der Waals surface area contributed by atoms with Crippen LogP contribution in [0.1, 0.15) is 70.0 Å². The highest BCUT2D eigenvalue weighted by Gasteiger charge is 2.52. The summed E-state index contributed by atoms with van der Waals surface area (Å²) >= 11 is 0. The molecule has 0 aromatic carbocycles. The Balaban J connectivity index is 1.52. The van der Waals surface area contributed by atoms with Crippen molar-refractivity contribution in [2.45, 2.75) is 65.2 Å². The Morgan fingerprint density at radius 3 is 2.67 bits per heavy atom. The first-order chi connectivity index (χ1) is 12.9. The van der Waals surface area contributed by atoms with E-state index in [9.17, 15) is 4.79 Å². The van der Waals surface area contributed by atoms with Crippen molar-refractivity contribution in [1.29, 1.82) is 0 Å². The van der Waals surface area contributed by atoms with Crippen molar-refractivity contribution < 1.29 is 9.32 Å². The van der Waals surface area contributed by atoms with Gasteiger partial charge in [0, 0.05) is 34.6 Å². The lowest BCUT2D eigenvalue weighted by molar-refractivity contribution is -0.119. The van der Waals surface area contributed by atoms with E-state index in [1.54, 1.807) is 0 Å². The summed E-state index contributed by atoms with van der Waals surface area (Å²) in [4.78, 5) is 17.7. The molecule has 2 aliphatic heterocycles. The second kappa shape index (κ2) is 5.59. The minimum absolute atomic E-state index is 0.0175. The van der Waals surface area contributed by atoms with E-state index in [0.717, 1.165) is 55.1 Å². The van der Waals surface area contributed by atoms with Crippen LogP contribution < -0.4 is 5.32 Å². The number of aromatic nitrogens is 2. The Labute approximate surface area is 158 Å². The molecule has 0 saturated heterocycles. The zero-order valence-electron chi connectivity index (χ0n) is 16.1. The Morgan fingerprint density at radius 1 is 1.19 bits per heavy atom. The molecule has 1 spiro atoms. The molecule has 7 heteroatoms. The van der Waals surface area contributed by atoms with Gasteiger partial charge in [0.15, 0.2) is 17.4 Å². The van der Waals surface area contributed by atoms with E-state index < -0.39 is 0 Å². The molecule has 2 aliphatic carbocycles. The van der Waals surface area contributed by atoms with Crippen LogP contribution in [-0.2, 0) is 4.79 Å². The molecule has 0 amide bonds. The van der Waals surface area contributed by atoms with Gasteiger partial charge in [-0.1, -0.05) is 19.0 Å². The third kappa shape index (κ3) is 2.51. The quantitative estimate of drug-likeness (QED) is 0.811. The zero-order valence-corrected chi connectivity index (χ0v) is 16.1. The van der Waals surface area contributed by atoms with Gasteiger partial charge in [-0.05, 0) is 44.4 Å². The lowest BCUT2D eigenvalue weighted by atomic mass is 9.57. The summed E-state index contributed by atoms with van der Waals surface area (Å²) in [6.07, 6.45) is 5.19. The molecule has 142 valence electrons. The highest BCUT2D eigenvalue weighted by molar-refractivity contribution is 6.00. The molecule has 1 saturated carbocycles. The fourth-order valence-electron chi connectivity index (χ4n) is 5.46. The number of fused-ring (bicyclic) bond motifs is 2. The number of hydrogen-bond acceptors (Lipinski definition) is 7. The van der Waals surface area contributed by atoms with Gasteiger partial charge in [-0.15, -0.1) is 5.11 Å². The lowest BCUT2D eigenvalue weighted by Gasteiger charge is -2.48. The molecule has 1 N–H and O–H groups in total. The number of aryl methyl sites for hydroxylation is 1. The lowest BCUT2D eigenvalue weighted by Crippen LogP contribution is -2.45. The Bertz CT molecular complexity index is 913. The number of carbonyl (C=O) groups is 1. The van der Waals surface area contributed by atoms with Gasteiger partial charge in [0.2, 0.25) is 5.89 Å². The van der Waals surface area contributed by atoms with Crippen LogP contribution >= 0.6 is 0 Å². The molecular formula is C20H25N5O2. The first-order valence-electron chi connectivity index (χ1n) is 9.83. The number of carbonyl (C=O) groups excluding carboxylic acids is 1. The smallest absolute Gasteiger partial charge is 0.229 e. The Hall–Kier alpha value is -2.31. The standard InChI is InChI=1S/C20H25N5O2/c1-11-22-18(27-25-11)12-4-6-20(7-5-12)13-10-21-24-17(13)23-14-8-19(2,3)9-15(26)16(14)20/h12,23H,4-10H2,1-3H3. The average molecular weight is 367 g/mol. The number of Topliss-reactive ketones (excluding diaryl/α,β-unsaturated/α-hetero) is 1. The fraction of sp³-hybridized carbons (Fsp3) is 0.650. The van der Waals surface area contributed by atoms with Gasteiger partial charge >= 0.3 is 0 Å². The summed E-state index contributed by atoms with van der Waals surface area (Å²) in [6, 6.07) is 0. The predicted octanol–water partition coefficient (Wildman–Crippen LogP) is 3.95. The van der Waals surface area contributed by atoms with Crippen molar-refractivity contribution in [3.8, 4) is 0 Å². The van der Waals surface area contributed by atoms with Crippen LogP contribution in [0.3, 0.4) is 0 Å². The van der Waals surface area contributed by atoms with Crippen LogP contribution in [-0.4, -0.2) is 22.5 Å². The maximum atomic E-state index is 13.2. The second-order valence-corrected chi connectivity index (χ2v) is 9.18. The predicted molar refractivity (Wildman–Crippen MR) is 97.6 cm³/mol. The van der Waals surface area contributed by atoms with Crippen LogP contribution in [0.5, 0.6) is 0 Å². The van der Waals surface area contributed by atoms with Gasteiger partial charge in [0.1, 0.15) is 0 Å². The summed E-state index contributed by atoms with van der Waals surface area (Å²) in [5.74, 6) is 2.85. The molecule has 7 nitrogen and oxygen atoms in total. The monoisotopic (exact) mass is 367 g/mol. The number of nitrogens with zero attached hydrogens (tertiary/aromatic N) is 4.